The number of likely N-dealkylation sites (tertiary alicyclic amines) is 1. The summed E-state index contributed by atoms with van der Waals surface area (Å²) >= 11 is 12.6. The van der Waals surface area contributed by atoms with Crippen LogP contribution in [0.5, 0.6) is 11.6 Å². The summed E-state index contributed by atoms with van der Waals surface area (Å²) in [4.78, 5) is 6.86. The van der Waals surface area contributed by atoms with E-state index in [2.05, 4.69) is 21.7 Å². The summed E-state index contributed by atoms with van der Waals surface area (Å²) in [5, 5.41) is 0.875. The lowest BCUT2D eigenvalue weighted by Gasteiger charge is -2.28. The second-order valence-electron chi connectivity index (χ2n) is 9.72. The van der Waals surface area contributed by atoms with E-state index in [9.17, 15) is 8.42 Å². The van der Waals surface area contributed by atoms with Crippen LogP contribution in [0, 0.1) is 12.8 Å². The molecule has 0 saturated carbocycles. The molecule has 11 heteroatoms. The predicted octanol–water partition coefficient (Wildman–Crippen LogP) is 6.54. The number of piperidine rings is 1. The van der Waals surface area contributed by atoms with Crippen molar-refractivity contribution >= 4 is 50.0 Å². The summed E-state index contributed by atoms with van der Waals surface area (Å²) in [5.74, 6) is 1.19. The molecule has 0 bridgehead atoms. The lowest BCUT2D eigenvalue weighted by molar-refractivity contribution is 0.160. The number of sulfonamides is 1. The molecule has 0 aliphatic carbocycles. The topological polar surface area (TPSA) is 93.9 Å². The van der Waals surface area contributed by atoms with Crippen LogP contribution >= 0.6 is 23.2 Å². The van der Waals surface area contributed by atoms with E-state index >= 15 is 0 Å². The molecule has 0 radical (unpaired) electrons. The fourth-order valence-corrected chi connectivity index (χ4v) is 6.19. The van der Waals surface area contributed by atoms with E-state index in [0.717, 1.165) is 31.5 Å². The van der Waals surface area contributed by atoms with Crippen molar-refractivity contribution in [3.63, 3.8) is 0 Å². The number of furan rings is 1. The summed E-state index contributed by atoms with van der Waals surface area (Å²) in [6.07, 6.45) is 3.66. The minimum Gasteiger partial charge on any atom is -0.492 e. The molecule has 2 aromatic heterocycles. The fraction of sp³-hybridized carbons (Fsp3) is 0.321. The van der Waals surface area contributed by atoms with Crippen molar-refractivity contribution in [3.8, 4) is 11.6 Å². The number of hydrogen-bond donors (Lipinski definition) is 1. The van der Waals surface area contributed by atoms with Gasteiger partial charge in [-0.25, -0.2) is 13.4 Å². The zero-order chi connectivity index (χ0) is 27.6. The average molecular weight is 591 g/mol. The summed E-state index contributed by atoms with van der Waals surface area (Å²) in [5.41, 5.74) is 2.33. The van der Waals surface area contributed by atoms with Crippen LogP contribution in [0.2, 0.25) is 10.0 Å². The van der Waals surface area contributed by atoms with Crippen LogP contribution < -0.4 is 14.2 Å². The van der Waals surface area contributed by atoms with E-state index in [0.29, 0.717) is 45.0 Å². The molecule has 1 aliphatic rings. The van der Waals surface area contributed by atoms with E-state index in [1.165, 1.54) is 12.3 Å². The van der Waals surface area contributed by atoms with Crippen LogP contribution in [0.15, 0.2) is 64.1 Å². The molecule has 3 heterocycles. The Morgan fingerprint density at radius 2 is 1.87 bits per heavy atom. The van der Waals surface area contributed by atoms with Gasteiger partial charge in [0, 0.05) is 17.2 Å². The first-order valence-corrected chi connectivity index (χ1v) is 14.8. The highest BCUT2D eigenvalue weighted by molar-refractivity contribution is 7.92. The van der Waals surface area contributed by atoms with E-state index in [1.54, 1.807) is 37.3 Å². The Balaban J connectivity index is 1.34. The highest BCUT2D eigenvalue weighted by Gasteiger charge is 2.22. The van der Waals surface area contributed by atoms with Crippen molar-refractivity contribution in [1.29, 1.82) is 0 Å². The van der Waals surface area contributed by atoms with Crippen LogP contribution in [0.4, 0.5) is 5.69 Å². The summed E-state index contributed by atoms with van der Waals surface area (Å²) in [6, 6.07) is 13.4. The molecule has 206 valence electrons. The maximum absolute atomic E-state index is 13.3. The molecule has 1 saturated heterocycles. The molecule has 8 nitrogen and oxygen atoms in total. The van der Waals surface area contributed by atoms with E-state index in [-0.39, 0.29) is 23.1 Å². The molecule has 0 amide bonds. The summed E-state index contributed by atoms with van der Waals surface area (Å²) < 4.78 is 46.7. The van der Waals surface area contributed by atoms with Crippen molar-refractivity contribution in [2.45, 2.75) is 31.3 Å². The van der Waals surface area contributed by atoms with Gasteiger partial charge in [0.1, 0.15) is 23.6 Å². The smallest absolute Gasteiger partial charge is 0.262 e. The molecule has 0 atom stereocenters. The molecular formula is C28H29Cl2N3O5S. The Morgan fingerprint density at radius 1 is 1.08 bits per heavy atom. The van der Waals surface area contributed by atoms with Gasteiger partial charge < -0.3 is 18.8 Å². The quantitative estimate of drug-likeness (QED) is 0.237. The normalized spacial score (nSPS) is 15.0. The molecule has 1 aliphatic heterocycles. The summed E-state index contributed by atoms with van der Waals surface area (Å²) in [7, 11) is -1.86. The van der Waals surface area contributed by atoms with Gasteiger partial charge in [0.25, 0.3) is 10.0 Å². The molecule has 0 unspecified atom stereocenters. The Bertz CT molecular complexity index is 1580. The van der Waals surface area contributed by atoms with Gasteiger partial charge in [0.15, 0.2) is 5.58 Å². The fourth-order valence-electron chi connectivity index (χ4n) is 4.47. The molecule has 39 heavy (non-hydrogen) atoms. The largest absolute Gasteiger partial charge is 0.492 e. The number of nitrogens with zero attached hydrogens (tertiary/aromatic N) is 2. The van der Waals surface area contributed by atoms with Crippen LogP contribution in [0.3, 0.4) is 0 Å². The van der Waals surface area contributed by atoms with Gasteiger partial charge in [-0.15, -0.1) is 0 Å². The number of fused-ring (bicyclic) bond motifs is 1. The lowest BCUT2D eigenvalue weighted by Crippen LogP contribution is -2.32. The third-order valence-corrected chi connectivity index (χ3v) is 9.07. The minimum atomic E-state index is -3.99. The monoisotopic (exact) mass is 589 g/mol. The van der Waals surface area contributed by atoms with Crippen LogP contribution in [-0.2, 0) is 16.6 Å². The van der Waals surface area contributed by atoms with Crippen LogP contribution in [0.25, 0.3) is 11.1 Å². The number of rotatable bonds is 9. The van der Waals surface area contributed by atoms with Crippen molar-refractivity contribution in [2.24, 2.45) is 5.92 Å². The molecule has 5 rings (SSSR count). The highest BCUT2D eigenvalue weighted by atomic mass is 35.5. The number of nitrogens with one attached hydrogen (secondary N) is 1. The SMILES string of the molecule is Cc1c(Cl)cccc1S(=O)(=O)Nc1cc2occc2nc1OCc1ccc(Cl)c(OCC2CCN(C)CC2)c1. The first-order valence-electron chi connectivity index (χ1n) is 12.6. The zero-order valence-electron chi connectivity index (χ0n) is 21.6. The number of benzene rings is 2. The molecule has 0 spiro atoms. The predicted molar refractivity (Wildman–Crippen MR) is 153 cm³/mol. The number of anilines is 1. The molecular weight excluding hydrogens is 561 g/mol. The van der Waals surface area contributed by atoms with E-state index < -0.39 is 10.0 Å². The maximum atomic E-state index is 13.3. The van der Waals surface area contributed by atoms with Gasteiger partial charge in [-0.05, 0) is 81.2 Å². The maximum Gasteiger partial charge on any atom is 0.262 e. The lowest BCUT2D eigenvalue weighted by atomic mass is 9.98. The Labute approximate surface area is 237 Å². The van der Waals surface area contributed by atoms with E-state index in [4.69, 9.17) is 37.1 Å². The molecule has 1 fully saturated rings. The van der Waals surface area contributed by atoms with Gasteiger partial charge in [-0.1, -0.05) is 35.3 Å². The Hall–Kier alpha value is -2.98. The number of hydrogen-bond acceptors (Lipinski definition) is 7. The first kappa shape index (κ1) is 27.6. The molecule has 1 N–H and O–H groups in total. The van der Waals surface area contributed by atoms with Gasteiger partial charge >= 0.3 is 0 Å². The molecule has 4 aromatic rings. The highest BCUT2D eigenvalue weighted by Crippen LogP contribution is 2.33. The van der Waals surface area contributed by atoms with Crippen LogP contribution in [0.1, 0.15) is 24.0 Å². The average Bonchev–Trinajstić information content (AvgIpc) is 3.36. The number of ether oxygens (including phenoxy) is 2. The van der Waals surface area contributed by atoms with Gasteiger partial charge in [0.05, 0.1) is 22.8 Å². The van der Waals surface area contributed by atoms with Gasteiger partial charge in [0.2, 0.25) is 5.88 Å². The molecule has 2 aromatic carbocycles. The van der Waals surface area contributed by atoms with E-state index in [1.807, 2.05) is 12.1 Å². The van der Waals surface area contributed by atoms with Crippen molar-refractivity contribution in [2.75, 3.05) is 31.5 Å². The van der Waals surface area contributed by atoms with Gasteiger partial charge in [-0.3, -0.25) is 4.72 Å². The third-order valence-electron chi connectivity index (χ3n) is 6.84. The number of pyridine rings is 1. The van der Waals surface area contributed by atoms with Crippen molar-refractivity contribution in [3.05, 3.63) is 76.0 Å². The second-order valence-corrected chi connectivity index (χ2v) is 12.2. The van der Waals surface area contributed by atoms with Crippen molar-refractivity contribution in [1.82, 2.24) is 9.88 Å². The third kappa shape index (κ3) is 6.44. The first-order chi connectivity index (χ1) is 18.7. The van der Waals surface area contributed by atoms with Crippen molar-refractivity contribution < 1.29 is 22.3 Å². The summed E-state index contributed by atoms with van der Waals surface area (Å²) in [6.45, 7) is 4.49. The van der Waals surface area contributed by atoms with Gasteiger partial charge in [-0.2, -0.15) is 0 Å². The van der Waals surface area contributed by atoms with Crippen LogP contribution in [-0.4, -0.2) is 45.0 Å². The second kappa shape index (κ2) is 11.6. The number of aromatic nitrogens is 1. The standard InChI is InChI=1S/C28H29Cl2N3O5S/c1-18-21(29)4-3-5-27(18)39(34,35)32-24-15-26-23(10-13-36-26)31-28(24)38-17-20-6-7-22(30)25(14-20)37-16-19-8-11-33(2)12-9-19/h3-7,10,13-15,19,32H,8-9,11-12,16-17H2,1-2H3. The number of halogens is 2. The minimum absolute atomic E-state index is 0.0598. The Kier molecular flexibility index (Phi) is 8.23. The zero-order valence-corrected chi connectivity index (χ0v) is 23.9. The Morgan fingerprint density at radius 3 is 2.67 bits per heavy atom.